The number of nitrogens with zero attached hydrogens (tertiary/aromatic N) is 2. The summed E-state index contributed by atoms with van der Waals surface area (Å²) in [5.74, 6) is 0.705. The van der Waals surface area contributed by atoms with Gasteiger partial charge in [0.1, 0.15) is 18.5 Å². The predicted octanol–water partition coefficient (Wildman–Crippen LogP) is 1.40. The standard InChI is InChI=1S/C19H26N4O3/c1-2-10-20-18(24)13-23-15-7-4-3-6-14(15)22-17(23)9-11-21-19(25)16-8-5-12-26-16/h3-4,6-7,16H,2,5,8-13H2,1H3,(H,20,24)(H,21,25). The quantitative estimate of drug-likeness (QED) is 0.747. The third-order valence-corrected chi connectivity index (χ3v) is 4.48. The maximum atomic E-state index is 12.2. The van der Waals surface area contributed by atoms with Crippen LogP contribution in [0.15, 0.2) is 24.3 Å². The molecule has 0 saturated carbocycles. The summed E-state index contributed by atoms with van der Waals surface area (Å²) in [5.41, 5.74) is 1.79. The molecule has 2 heterocycles. The number of hydrogen-bond donors (Lipinski definition) is 2. The Morgan fingerprint density at radius 2 is 2.12 bits per heavy atom. The average molecular weight is 358 g/mol. The molecule has 3 rings (SSSR count). The summed E-state index contributed by atoms with van der Waals surface area (Å²) in [4.78, 5) is 28.9. The van der Waals surface area contributed by atoms with Gasteiger partial charge >= 0.3 is 0 Å². The molecule has 0 bridgehead atoms. The van der Waals surface area contributed by atoms with E-state index >= 15 is 0 Å². The third-order valence-electron chi connectivity index (χ3n) is 4.48. The molecule has 2 N–H and O–H groups in total. The highest BCUT2D eigenvalue weighted by atomic mass is 16.5. The van der Waals surface area contributed by atoms with Crippen LogP contribution in [0.3, 0.4) is 0 Å². The van der Waals surface area contributed by atoms with Gasteiger partial charge in [-0.1, -0.05) is 19.1 Å². The Kier molecular flexibility index (Phi) is 6.22. The molecule has 1 atom stereocenters. The number of para-hydroxylation sites is 2. The summed E-state index contributed by atoms with van der Waals surface area (Å²) in [6.45, 7) is 4.04. The predicted molar refractivity (Wildman–Crippen MR) is 98.7 cm³/mol. The zero-order valence-corrected chi connectivity index (χ0v) is 15.2. The molecular weight excluding hydrogens is 332 g/mol. The largest absolute Gasteiger partial charge is 0.368 e. The molecule has 0 aliphatic carbocycles. The van der Waals surface area contributed by atoms with Crippen LogP contribution in [0.2, 0.25) is 0 Å². The van der Waals surface area contributed by atoms with Crippen molar-refractivity contribution in [1.29, 1.82) is 0 Å². The molecule has 1 aromatic heterocycles. The minimum Gasteiger partial charge on any atom is -0.368 e. The molecule has 7 nitrogen and oxygen atoms in total. The first kappa shape index (κ1) is 18.4. The number of amides is 2. The lowest BCUT2D eigenvalue weighted by Crippen LogP contribution is -2.35. The molecule has 7 heteroatoms. The van der Waals surface area contributed by atoms with E-state index in [0.717, 1.165) is 36.1 Å². The maximum Gasteiger partial charge on any atom is 0.249 e. The lowest BCUT2D eigenvalue weighted by atomic mass is 10.2. The van der Waals surface area contributed by atoms with Crippen LogP contribution < -0.4 is 10.6 Å². The molecule has 1 aliphatic rings. The van der Waals surface area contributed by atoms with E-state index in [1.54, 1.807) is 0 Å². The van der Waals surface area contributed by atoms with Crippen molar-refractivity contribution < 1.29 is 14.3 Å². The minimum absolute atomic E-state index is 0.0281. The number of fused-ring (bicyclic) bond motifs is 1. The van der Waals surface area contributed by atoms with Crippen LogP contribution in [0.4, 0.5) is 0 Å². The summed E-state index contributed by atoms with van der Waals surface area (Å²) in [6.07, 6.45) is 2.85. The Labute approximate surface area is 153 Å². The Morgan fingerprint density at radius 3 is 2.88 bits per heavy atom. The van der Waals surface area contributed by atoms with Gasteiger partial charge in [-0.25, -0.2) is 4.98 Å². The minimum atomic E-state index is -0.325. The molecule has 0 spiro atoms. The first-order chi connectivity index (χ1) is 12.7. The second-order valence-corrected chi connectivity index (χ2v) is 6.50. The molecule has 26 heavy (non-hydrogen) atoms. The lowest BCUT2D eigenvalue weighted by molar-refractivity contribution is -0.130. The summed E-state index contributed by atoms with van der Waals surface area (Å²) in [5, 5.41) is 5.81. The van der Waals surface area contributed by atoms with Gasteiger partial charge in [0, 0.05) is 26.1 Å². The summed E-state index contributed by atoms with van der Waals surface area (Å²) >= 11 is 0. The van der Waals surface area contributed by atoms with Crippen molar-refractivity contribution in [2.24, 2.45) is 0 Å². The van der Waals surface area contributed by atoms with Crippen LogP contribution in [0.1, 0.15) is 32.0 Å². The maximum absolute atomic E-state index is 12.2. The first-order valence-corrected chi connectivity index (χ1v) is 9.29. The summed E-state index contributed by atoms with van der Waals surface area (Å²) in [6, 6.07) is 7.77. The molecule has 1 fully saturated rings. The molecule has 1 unspecified atom stereocenters. The fraction of sp³-hybridized carbons (Fsp3) is 0.526. The van der Waals surface area contributed by atoms with E-state index in [2.05, 4.69) is 15.6 Å². The van der Waals surface area contributed by atoms with E-state index in [4.69, 9.17) is 4.74 Å². The van der Waals surface area contributed by atoms with Gasteiger partial charge in [-0.2, -0.15) is 0 Å². The van der Waals surface area contributed by atoms with Crippen molar-refractivity contribution >= 4 is 22.8 Å². The second kappa shape index (κ2) is 8.80. The van der Waals surface area contributed by atoms with Crippen molar-refractivity contribution in [3.63, 3.8) is 0 Å². The normalized spacial score (nSPS) is 16.7. The zero-order valence-electron chi connectivity index (χ0n) is 15.2. The van der Waals surface area contributed by atoms with Crippen molar-refractivity contribution in [3.05, 3.63) is 30.1 Å². The van der Waals surface area contributed by atoms with Gasteiger partial charge in [-0.05, 0) is 31.4 Å². The van der Waals surface area contributed by atoms with E-state index < -0.39 is 0 Å². The number of imidazole rings is 1. The van der Waals surface area contributed by atoms with Crippen LogP contribution in [0.25, 0.3) is 11.0 Å². The monoisotopic (exact) mass is 358 g/mol. The number of ether oxygens (including phenoxy) is 1. The van der Waals surface area contributed by atoms with Gasteiger partial charge in [-0.15, -0.1) is 0 Å². The number of benzene rings is 1. The van der Waals surface area contributed by atoms with Gasteiger partial charge < -0.3 is 19.9 Å². The van der Waals surface area contributed by atoms with Crippen molar-refractivity contribution in [2.45, 2.75) is 45.3 Å². The molecule has 2 aromatic rings. The summed E-state index contributed by atoms with van der Waals surface area (Å²) < 4.78 is 7.32. The SMILES string of the molecule is CCCNC(=O)Cn1c(CCNC(=O)C2CCCO2)nc2ccccc21. The number of carbonyl (C=O) groups excluding carboxylic acids is 2. The Bertz CT molecular complexity index is 765. The molecule has 140 valence electrons. The highest BCUT2D eigenvalue weighted by molar-refractivity contribution is 5.82. The molecule has 2 amide bonds. The molecular formula is C19H26N4O3. The fourth-order valence-electron chi connectivity index (χ4n) is 3.15. The number of carbonyl (C=O) groups is 2. The molecule has 1 aromatic carbocycles. The van der Waals surface area contributed by atoms with Crippen molar-refractivity contribution in [1.82, 2.24) is 20.2 Å². The highest BCUT2D eigenvalue weighted by Gasteiger charge is 2.23. The van der Waals surface area contributed by atoms with E-state index in [-0.39, 0.29) is 24.5 Å². The van der Waals surface area contributed by atoms with E-state index in [9.17, 15) is 9.59 Å². The zero-order chi connectivity index (χ0) is 18.4. The van der Waals surface area contributed by atoms with Gasteiger partial charge in [0.2, 0.25) is 11.8 Å². The Balaban J connectivity index is 1.67. The number of nitrogens with one attached hydrogen (secondary N) is 2. The summed E-state index contributed by atoms with van der Waals surface area (Å²) in [7, 11) is 0. The van der Waals surface area contributed by atoms with Gasteiger partial charge in [-0.3, -0.25) is 9.59 Å². The highest BCUT2D eigenvalue weighted by Crippen LogP contribution is 2.16. The van der Waals surface area contributed by atoms with Gasteiger partial charge in [0.15, 0.2) is 0 Å². The first-order valence-electron chi connectivity index (χ1n) is 9.29. The van der Waals surface area contributed by atoms with Crippen LogP contribution in [-0.4, -0.2) is 47.2 Å². The van der Waals surface area contributed by atoms with Crippen molar-refractivity contribution in [2.75, 3.05) is 19.7 Å². The topological polar surface area (TPSA) is 85.2 Å². The van der Waals surface area contributed by atoms with E-state index in [1.165, 1.54) is 0 Å². The Hall–Kier alpha value is -2.41. The van der Waals surface area contributed by atoms with E-state index in [0.29, 0.717) is 26.1 Å². The Morgan fingerprint density at radius 1 is 1.27 bits per heavy atom. The molecule has 0 radical (unpaired) electrons. The van der Waals surface area contributed by atoms with Gasteiger partial charge in [0.05, 0.1) is 11.0 Å². The molecule has 1 saturated heterocycles. The van der Waals surface area contributed by atoms with Crippen LogP contribution in [-0.2, 0) is 27.3 Å². The van der Waals surface area contributed by atoms with Crippen LogP contribution >= 0.6 is 0 Å². The van der Waals surface area contributed by atoms with Crippen LogP contribution in [0.5, 0.6) is 0 Å². The average Bonchev–Trinajstić information content (AvgIpc) is 3.29. The second-order valence-electron chi connectivity index (χ2n) is 6.50. The van der Waals surface area contributed by atoms with Gasteiger partial charge in [0.25, 0.3) is 0 Å². The fourth-order valence-corrected chi connectivity index (χ4v) is 3.15. The number of rotatable bonds is 8. The number of aromatic nitrogens is 2. The smallest absolute Gasteiger partial charge is 0.249 e. The molecule has 1 aliphatic heterocycles. The van der Waals surface area contributed by atoms with Crippen molar-refractivity contribution in [3.8, 4) is 0 Å². The van der Waals surface area contributed by atoms with E-state index in [1.807, 2.05) is 35.8 Å². The third kappa shape index (κ3) is 4.40. The number of hydrogen-bond acceptors (Lipinski definition) is 4. The lowest BCUT2D eigenvalue weighted by Gasteiger charge is -2.12. The van der Waals surface area contributed by atoms with Crippen LogP contribution in [0, 0.1) is 0 Å².